The van der Waals surface area contributed by atoms with Crippen LogP contribution in [0.5, 0.6) is 0 Å². The molecule has 74 valence electrons. The molecule has 12 heavy (non-hydrogen) atoms. The van der Waals surface area contributed by atoms with Crippen LogP contribution in [-0.2, 0) is 14.8 Å². The van der Waals surface area contributed by atoms with Crippen LogP contribution in [0.15, 0.2) is 0 Å². The first kappa shape index (κ1) is 12.3. The van der Waals surface area contributed by atoms with Crippen molar-refractivity contribution in [2.24, 2.45) is 0 Å². The van der Waals surface area contributed by atoms with Gasteiger partial charge in [0.2, 0.25) is 10.0 Å². The lowest BCUT2D eigenvalue weighted by atomic mass is 10.8. The predicted octanol–water partition coefficient (Wildman–Crippen LogP) is 0.289. The van der Waals surface area contributed by atoms with Gasteiger partial charge in [-0.3, -0.25) is 0 Å². The van der Waals surface area contributed by atoms with Crippen molar-refractivity contribution in [3.8, 4) is 0 Å². The van der Waals surface area contributed by atoms with Gasteiger partial charge in [0.1, 0.15) is 0 Å². The first-order chi connectivity index (χ1) is 5.54. The number of sulfonamides is 1. The lowest BCUT2D eigenvalue weighted by Crippen LogP contribution is -2.32. The molecule has 0 aliphatic rings. The van der Waals surface area contributed by atoms with Crippen molar-refractivity contribution >= 4 is 26.0 Å². The third kappa shape index (κ3) is 4.39. The smallest absolute Gasteiger partial charge is 0.216 e. The van der Waals surface area contributed by atoms with E-state index in [1.54, 1.807) is 7.05 Å². The van der Waals surface area contributed by atoms with Crippen LogP contribution in [0.3, 0.4) is 0 Å². The molecular formula is C6H14BrNO3S. The Kier molecular flexibility index (Phi) is 6.08. The lowest BCUT2D eigenvalue weighted by molar-refractivity contribution is 0.216. The van der Waals surface area contributed by atoms with E-state index in [0.717, 1.165) is 0 Å². The largest absolute Gasteiger partial charge is 0.384 e. The van der Waals surface area contributed by atoms with E-state index in [2.05, 4.69) is 20.7 Å². The minimum absolute atomic E-state index is 0.0486. The Morgan fingerprint density at radius 2 is 2.08 bits per heavy atom. The molecule has 0 radical (unpaired) electrons. The van der Waals surface area contributed by atoms with E-state index in [1.807, 2.05) is 0 Å². The van der Waals surface area contributed by atoms with Gasteiger partial charge >= 0.3 is 0 Å². The molecule has 0 N–H and O–H groups in total. The molecule has 0 aromatic carbocycles. The van der Waals surface area contributed by atoms with Gasteiger partial charge < -0.3 is 4.74 Å². The van der Waals surface area contributed by atoms with Gasteiger partial charge in [0.25, 0.3) is 0 Å². The van der Waals surface area contributed by atoms with Gasteiger partial charge in [-0.15, -0.1) is 0 Å². The van der Waals surface area contributed by atoms with E-state index >= 15 is 0 Å². The number of ether oxygens (including phenoxy) is 1. The van der Waals surface area contributed by atoms with E-state index < -0.39 is 10.0 Å². The summed E-state index contributed by atoms with van der Waals surface area (Å²) in [6, 6.07) is 0. The summed E-state index contributed by atoms with van der Waals surface area (Å²) in [6.45, 7) is 0.737. The fourth-order valence-electron chi connectivity index (χ4n) is 0.603. The van der Waals surface area contributed by atoms with Crippen LogP contribution in [0.4, 0.5) is 0 Å². The first-order valence-electron chi connectivity index (χ1n) is 3.53. The summed E-state index contributed by atoms with van der Waals surface area (Å²) >= 11 is 3.17. The Labute approximate surface area is 82.1 Å². The first-order valence-corrected chi connectivity index (χ1v) is 6.26. The molecule has 0 fully saturated rings. The molecule has 0 bridgehead atoms. The van der Waals surface area contributed by atoms with Crippen LogP contribution in [-0.4, -0.2) is 51.1 Å². The van der Waals surface area contributed by atoms with Crippen molar-refractivity contribution in [1.82, 2.24) is 4.31 Å². The van der Waals surface area contributed by atoms with Crippen LogP contribution in [0.25, 0.3) is 0 Å². The van der Waals surface area contributed by atoms with Crippen molar-refractivity contribution < 1.29 is 13.2 Å². The Hall–Kier alpha value is 0.350. The summed E-state index contributed by atoms with van der Waals surface area (Å²) in [7, 11) is -0.0584. The van der Waals surface area contributed by atoms with Gasteiger partial charge in [0.15, 0.2) is 0 Å². The molecule has 0 amide bonds. The molecule has 0 unspecified atom stereocenters. The summed E-state index contributed by atoms with van der Waals surface area (Å²) in [5.41, 5.74) is 0. The van der Waals surface area contributed by atoms with Gasteiger partial charge in [-0.2, -0.15) is 0 Å². The average Bonchev–Trinajstić information content (AvgIpc) is 2.01. The van der Waals surface area contributed by atoms with Crippen molar-refractivity contribution in [3.63, 3.8) is 0 Å². The predicted molar refractivity (Wildman–Crippen MR) is 52.1 cm³/mol. The van der Waals surface area contributed by atoms with Crippen molar-refractivity contribution in [1.29, 1.82) is 0 Å². The standard InChI is InChI=1S/C6H14BrNO3S/c1-8(4-3-7)12(9,10)6-5-11-2/h3-6H2,1-2H3. The minimum atomic E-state index is -3.11. The van der Waals surface area contributed by atoms with Gasteiger partial charge in [-0.1, -0.05) is 15.9 Å². The third-order valence-corrected chi connectivity index (χ3v) is 3.59. The molecule has 6 heteroatoms. The third-order valence-electron chi connectivity index (χ3n) is 1.42. The second-order valence-corrected chi connectivity index (χ2v) is 5.31. The summed E-state index contributed by atoms with van der Waals surface area (Å²) in [4.78, 5) is 0. The summed E-state index contributed by atoms with van der Waals surface area (Å²) in [5.74, 6) is 0.0486. The van der Waals surface area contributed by atoms with E-state index in [1.165, 1.54) is 11.4 Å². The summed E-state index contributed by atoms with van der Waals surface area (Å²) in [5, 5.41) is 0.649. The molecule has 0 aromatic heterocycles. The highest BCUT2D eigenvalue weighted by molar-refractivity contribution is 9.09. The maximum absolute atomic E-state index is 11.3. The number of hydrogen-bond acceptors (Lipinski definition) is 3. The average molecular weight is 260 g/mol. The molecule has 0 atom stereocenters. The highest BCUT2D eigenvalue weighted by Crippen LogP contribution is 1.98. The molecule has 0 aromatic rings. The molecule has 0 spiro atoms. The van der Waals surface area contributed by atoms with Crippen LogP contribution < -0.4 is 0 Å². The number of nitrogens with zero attached hydrogens (tertiary/aromatic N) is 1. The van der Waals surface area contributed by atoms with E-state index in [0.29, 0.717) is 11.9 Å². The molecular weight excluding hydrogens is 246 g/mol. The maximum atomic E-state index is 11.3. The molecule has 0 aliphatic heterocycles. The number of halogens is 1. The Bertz CT molecular complexity index is 205. The lowest BCUT2D eigenvalue weighted by Gasteiger charge is -2.14. The molecule has 4 nitrogen and oxygen atoms in total. The van der Waals surface area contributed by atoms with E-state index in [9.17, 15) is 8.42 Å². The Morgan fingerprint density at radius 1 is 1.50 bits per heavy atom. The van der Waals surface area contributed by atoms with E-state index in [4.69, 9.17) is 0 Å². The number of rotatable bonds is 6. The molecule has 0 aliphatic carbocycles. The zero-order chi connectivity index (χ0) is 9.61. The van der Waals surface area contributed by atoms with Gasteiger partial charge in [-0.05, 0) is 0 Å². The number of methoxy groups -OCH3 is 1. The molecule has 0 saturated heterocycles. The van der Waals surface area contributed by atoms with Crippen molar-refractivity contribution in [2.75, 3.05) is 38.4 Å². The minimum Gasteiger partial charge on any atom is -0.384 e. The summed E-state index contributed by atoms with van der Waals surface area (Å²) in [6.07, 6.45) is 0. The molecule has 0 rings (SSSR count). The molecule has 0 saturated carbocycles. The maximum Gasteiger partial charge on any atom is 0.216 e. The molecule has 0 heterocycles. The fraction of sp³-hybridized carbons (Fsp3) is 1.00. The van der Waals surface area contributed by atoms with Gasteiger partial charge in [0, 0.05) is 26.0 Å². The monoisotopic (exact) mass is 259 g/mol. The second-order valence-electron chi connectivity index (χ2n) is 2.32. The van der Waals surface area contributed by atoms with Crippen LogP contribution in [0.2, 0.25) is 0 Å². The van der Waals surface area contributed by atoms with E-state index in [-0.39, 0.29) is 12.4 Å². The van der Waals surface area contributed by atoms with Crippen molar-refractivity contribution in [3.05, 3.63) is 0 Å². The van der Waals surface area contributed by atoms with Crippen LogP contribution >= 0.6 is 15.9 Å². The fourth-order valence-corrected chi connectivity index (χ4v) is 2.43. The zero-order valence-corrected chi connectivity index (χ0v) is 9.69. The number of alkyl halides is 1. The van der Waals surface area contributed by atoms with Crippen molar-refractivity contribution in [2.45, 2.75) is 0 Å². The van der Waals surface area contributed by atoms with Gasteiger partial charge in [-0.25, -0.2) is 12.7 Å². The Balaban J connectivity index is 4.01. The summed E-state index contributed by atoms with van der Waals surface area (Å²) < 4.78 is 28.6. The Morgan fingerprint density at radius 3 is 2.50 bits per heavy atom. The van der Waals surface area contributed by atoms with Crippen LogP contribution in [0, 0.1) is 0 Å². The second kappa shape index (κ2) is 5.90. The highest BCUT2D eigenvalue weighted by Gasteiger charge is 2.15. The van der Waals surface area contributed by atoms with Gasteiger partial charge in [0.05, 0.1) is 12.4 Å². The zero-order valence-electron chi connectivity index (χ0n) is 7.29. The van der Waals surface area contributed by atoms with Crippen LogP contribution in [0.1, 0.15) is 0 Å². The SMILES string of the molecule is COCCS(=O)(=O)N(C)CCBr. The number of hydrogen-bond donors (Lipinski definition) is 0. The normalized spacial score (nSPS) is 12.3. The quantitative estimate of drug-likeness (QED) is 0.645. The highest BCUT2D eigenvalue weighted by atomic mass is 79.9. The topological polar surface area (TPSA) is 46.6 Å².